The van der Waals surface area contributed by atoms with Crippen LogP contribution in [0.2, 0.25) is 0 Å². The van der Waals surface area contributed by atoms with Crippen LogP contribution in [0.3, 0.4) is 0 Å². The van der Waals surface area contributed by atoms with Gasteiger partial charge in [-0.15, -0.1) is 0 Å². The zero-order valence-electron chi connectivity index (χ0n) is 23.5. The maximum absolute atomic E-state index is 13.7. The molecule has 11 nitrogen and oxygen atoms in total. The van der Waals surface area contributed by atoms with E-state index in [4.69, 9.17) is 14.6 Å². The van der Waals surface area contributed by atoms with Crippen LogP contribution in [0.15, 0.2) is 36.4 Å². The molecule has 41 heavy (non-hydrogen) atoms. The van der Waals surface area contributed by atoms with E-state index in [0.717, 1.165) is 30.4 Å². The number of methoxy groups -OCH3 is 1. The number of sulfone groups is 1. The first-order valence-corrected chi connectivity index (χ1v) is 15.5. The van der Waals surface area contributed by atoms with Gasteiger partial charge < -0.3 is 19.9 Å². The van der Waals surface area contributed by atoms with Crippen molar-refractivity contribution in [1.29, 1.82) is 0 Å². The number of benzene rings is 2. The monoisotopic (exact) mass is 588 g/mol. The molecule has 0 aliphatic carbocycles. The fourth-order valence-electron chi connectivity index (χ4n) is 4.77. The lowest BCUT2D eigenvalue weighted by atomic mass is 10.1. The van der Waals surface area contributed by atoms with Gasteiger partial charge in [-0.3, -0.25) is 24.1 Å². The van der Waals surface area contributed by atoms with Crippen LogP contribution in [0, 0.1) is 0 Å². The van der Waals surface area contributed by atoms with Crippen LogP contribution in [0.5, 0.6) is 11.5 Å². The number of nitrogens with one attached hydrogen (secondary N) is 1. The number of carboxylic acid groups (broad SMARTS) is 1. The third-order valence-electron chi connectivity index (χ3n) is 6.66. The van der Waals surface area contributed by atoms with E-state index in [9.17, 15) is 27.6 Å². The Morgan fingerprint density at radius 1 is 0.976 bits per heavy atom. The maximum atomic E-state index is 13.7. The Bertz CT molecular complexity index is 1400. The number of hydrogen-bond donors (Lipinski definition) is 2. The summed E-state index contributed by atoms with van der Waals surface area (Å²) in [6.45, 7) is 2.10. The molecule has 222 valence electrons. The molecule has 1 atom stereocenters. The smallest absolute Gasteiger partial charge is 0.303 e. The lowest BCUT2D eigenvalue weighted by Gasteiger charge is -2.27. The lowest BCUT2D eigenvalue weighted by molar-refractivity contribution is -0.137. The Balaban J connectivity index is 1.81. The average Bonchev–Trinajstić information content (AvgIpc) is 3.16. The number of carbonyl (C=O) groups excluding carboxylic acids is 3. The SMILES string of the molecule is CCOc1cc([C@@H](CS(C)(=O)=O)N2C(=O)c3cccc(NC(=O)CCCCCCCC(=O)O)c3C2=O)ccc1OC. The highest BCUT2D eigenvalue weighted by molar-refractivity contribution is 7.90. The van der Waals surface area contributed by atoms with E-state index >= 15 is 0 Å². The van der Waals surface area contributed by atoms with Gasteiger partial charge in [-0.1, -0.05) is 31.4 Å². The van der Waals surface area contributed by atoms with Crippen LogP contribution < -0.4 is 14.8 Å². The van der Waals surface area contributed by atoms with E-state index < -0.39 is 39.4 Å². The molecule has 0 fully saturated rings. The topological polar surface area (TPSA) is 156 Å². The number of carboxylic acids is 1. The van der Waals surface area contributed by atoms with E-state index in [1.165, 1.54) is 19.2 Å². The highest BCUT2D eigenvalue weighted by Gasteiger charge is 2.43. The van der Waals surface area contributed by atoms with Crippen molar-refractivity contribution in [3.8, 4) is 11.5 Å². The van der Waals surface area contributed by atoms with Gasteiger partial charge in [0, 0.05) is 19.1 Å². The van der Waals surface area contributed by atoms with Gasteiger partial charge in [-0.25, -0.2) is 8.42 Å². The maximum Gasteiger partial charge on any atom is 0.303 e. The molecule has 0 saturated carbocycles. The second-order valence-corrected chi connectivity index (χ2v) is 12.1. The molecule has 0 unspecified atom stereocenters. The van der Waals surface area contributed by atoms with Crippen molar-refractivity contribution < 1.29 is 42.2 Å². The molecule has 0 spiro atoms. The highest BCUT2D eigenvalue weighted by atomic mass is 32.2. The Hall–Kier alpha value is -3.93. The molecule has 3 amide bonds. The second-order valence-electron chi connectivity index (χ2n) is 9.87. The standard InChI is InChI=1S/C29H36N2O9S/c1-4-40-24-17-19(15-16-23(24)39-2)22(18-41(3,37)38)31-28(35)20-11-10-12-21(27(20)29(31)36)30-25(32)13-8-6-5-7-9-14-26(33)34/h10-12,15-17,22H,4-9,13-14,18H2,1-3H3,(H,30,32)(H,33,34)/t22-/m1/s1. The van der Waals surface area contributed by atoms with Crippen molar-refractivity contribution in [2.24, 2.45) is 0 Å². The number of anilines is 1. The molecule has 2 aromatic rings. The minimum absolute atomic E-state index is 0.0107. The fourth-order valence-corrected chi connectivity index (χ4v) is 5.69. The number of fused-ring (bicyclic) bond motifs is 1. The molecule has 1 aliphatic rings. The van der Waals surface area contributed by atoms with Gasteiger partial charge >= 0.3 is 5.97 Å². The number of hydrogen-bond acceptors (Lipinski definition) is 8. The molecule has 1 aliphatic heterocycles. The van der Waals surface area contributed by atoms with Gasteiger partial charge in [0.15, 0.2) is 11.5 Å². The van der Waals surface area contributed by atoms with Crippen molar-refractivity contribution in [2.75, 3.05) is 31.0 Å². The summed E-state index contributed by atoms with van der Waals surface area (Å²) >= 11 is 0. The average molecular weight is 589 g/mol. The zero-order valence-corrected chi connectivity index (χ0v) is 24.3. The van der Waals surface area contributed by atoms with Crippen LogP contribution in [0.25, 0.3) is 0 Å². The predicted octanol–water partition coefficient (Wildman–Crippen LogP) is 4.23. The van der Waals surface area contributed by atoms with Gasteiger partial charge in [0.1, 0.15) is 9.84 Å². The summed E-state index contributed by atoms with van der Waals surface area (Å²) in [6, 6.07) is 8.15. The summed E-state index contributed by atoms with van der Waals surface area (Å²) in [5.41, 5.74) is 0.639. The van der Waals surface area contributed by atoms with Gasteiger partial charge in [0.05, 0.1) is 42.3 Å². The fraction of sp³-hybridized carbons (Fsp3) is 0.448. The van der Waals surface area contributed by atoms with E-state index in [2.05, 4.69) is 5.32 Å². The number of carbonyl (C=O) groups is 4. The first-order chi connectivity index (χ1) is 19.5. The van der Waals surface area contributed by atoms with Crippen LogP contribution in [-0.2, 0) is 19.4 Å². The third kappa shape index (κ3) is 8.29. The van der Waals surface area contributed by atoms with Crippen molar-refractivity contribution in [3.05, 3.63) is 53.1 Å². The number of amides is 3. The van der Waals surface area contributed by atoms with E-state index in [-0.39, 0.29) is 35.6 Å². The van der Waals surface area contributed by atoms with Gasteiger partial charge in [-0.05, 0) is 49.6 Å². The van der Waals surface area contributed by atoms with Crippen LogP contribution in [0.4, 0.5) is 5.69 Å². The number of aliphatic carboxylic acids is 1. The molecule has 3 rings (SSSR count). The normalized spacial score (nSPS) is 13.6. The molecule has 2 N–H and O–H groups in total. The van der Waals surface area contributed by atoms with E-state index in [0.29, 0.717) is 36.5 Å². The summed E-state index contributed by atoms with van der Waals surface area (Å²) < 4.78 is 35.8. The van der Waals surface area contributed by atoms with Crippen molar-refractivity contribution in [3.63, 3.8) is 0 Å². The molecule has 1 heterocycles. The molecule has 0 bridgehead atoms. The number of rotatable bonds is 16. The number of ether oxygens (including phenoxy) is 2. The number of imide groups is 1. The van der Waals surface area contributed by atoms with E-state index in [1.54, 1.807) is 31.2 Å². The summed E-state index contributed by atoms with van der Waals surface area (Å²) in [5, 5.41) is 11.4. The number of unbranched alkanes of at least 4 members (excludes halogenated alkanes) is 4. The minimum atomic E-state index is -3.65. The van der Waals surface area contributed by atoms with Gasteiger partial charge in [-0.2, -0.15) is 0 Å². The molecular weight excluding hydrogens is 552 g/mol. The Kier molecular flexibility index (Phi) is 10.9. The van der Waals surface area contributed by atoms with E-state index in [1.807, 2.05) is 0 Å². The minimum Gasteiger partial charge on any atom is -0.493 e. The second kappa shape index (κ2) is 14.1. The zero-order chi connectivity index (χ0) is 30.2. The van der Waals surface area contributed by atoms with Crippen molar-refractivity contribution in [2.45, 2.75) is 57.9 Å². The molecule has 0 radical (unpaired) electrons. The van der Waals surface area contributed by atoms with Crippen molar-refractivity contribution in [1.82, 2.24) is 4.90 Å². The van der Waals surface area contributed by atoms with Crippen molar-refractivity contribution >= 4 is 39.2 Å². The molecule has 12 heteroatoms. The lowest BCUT2D eigenvalue weighted by Crippen LogP contribution is -2.37. The molecule has 0 saturated heterocycles. The van der Waals surface area contributed by atoms with Gasteiger partial charge in [0.25, 0.3) is 11.8 Å². The van der Waals surface area contributed by atoms with Crippen LogP contribution in [0.1, 0.15) is 84.2 Å². The van der Waals surface area contributed by atoms with Gasteiger partial charge in [0.2, 0.25) is 5.91 Å². The first kappa shape index (κ1) is 31.6. The highest BCUT2D eigenvalue weighted by Crippen LogP contribution is 2.38. The quantitative estimate of drug-likeness (QED) is 0.216. The summed E-state index contributed by atoms with van der Waals surface area (Å²) in [6.07, 6.45) is 4.85. The Morgan fingerprint density at radius 3 is 2.29 bits per heavy atom. The summed E-state index contributed by atoms with van der Waals surface area (Å²) in [5.74, 6) is -2.27. The van der Waals surface area contributed by atoms with Crippen LogP contribution >= 0.6 is 0 Å². The number of nitrogens with zero attached hydrogens (tertiary/aromatic N) is 1. The molecule has 2 aromatic carbocycles. The molecular formula is C29H36N2O9S. The largest absolute Gasteiger partial charge is 0.493 e. The Labute approximate surface area is 239 Å². The van der Waals surface area contributed by atoms with Crippen LogP contribution in [-0.4, -0.2) is 67.8 Å². The molecule has 0 aromatic heterocycles. The third-order valence-corrected chi connectivity index (χ3v) is 7.58. The summed E-state index contributed by atoms with van der Waals surface area (Å²) in [4.78, 5) is 51.4. The first-order valence-electron chi connectivity index (χ1n) is 13.5. The predicted molar refractivity (Wildman–Crippen MR) is 152 cm³/mol. The summed E-state index contributed by atoms with van der Waals surface area (Å²) in [7, 11) is -2.19. The Morgan fingerprint density at radius 2 is 1.66 bits per heavy atom.